The number of hydrogen-bond acceptors (Lipinski definition) is 4. The van der Waals surface area contributed by atoms with Crippen molar-refractivity contribution < 1.29 is 18.4 Å². The van der Waals surface area contributed by atoms with E-state index in [0.29, 0.717) is 18.2 Å². The van der Waals surface area contributed by atoms with Crippen molar-refractivity contribution in [3.05, 3.63) is 54.2 Å². The first-order chi connectivity index (χ1) is 13.1. The van der Waals surface area contributed by atoms with E-state index in [2.05, 4.69) is 20.9 Å². The lowest BCUT2D eigenvalue weighted by Crippen LogP contribution is -2.43. The third kappa shape index (κ3) is 5.73. The second-order valence-electron chi connectivity index (χ2n) is 6.50. The van der Waals surface area contributed by atoms with E-state index in [1.54, 1.807) is 24.3 Å². The molecule has 1 saturated heterocycles. The van der Waals surface area contributed by atoms with Gasteiger partial charge in [0.2, 0.25) is 5.91 Å². The summed E-state index contributed by atoms with van der Waals surface area (Å²) in [6.07, 6.45) is 2.48. The number of nitrogens with zero attached hydrogens (tertiary/aromatic N) is 1. The van der Waals surface area contributed by atoms with Crippen LogP contribution in [0.25, 0.3) is 0 Å². The zero-order chi connectivity index (χ0) is 19.1. The Morgan fingerprint density at radius 3 is 2.70 bits per heavy atom. The molecule has 8 heteroatoms. The second-order valence-corrected chi connectivity index (χ2v) is 6.50. The molecule has 0 spiro atoms. The smallest absolute Gasteiger partial charge is 0.315 e. The zero-order valence-corrected chi connectivity index (χ0v) is 14.9. The first-order valence-electron chi connectivity index (χ1n) is 8.91. The number of carbonyl (C=O) groups is 2. The van der Waals surface area contributed by atoms with Gasteiger partial charge in [-0.2, -0.15) is 0 Å². The summed E-state index contributed by atoms with van der Waals surface area (Å²) in [7, 11) is 0. The average molecular weight is 374 g/mol. The van der Waals surface area contributed by atoms with Gasteiger partial charge < -0.3 is 25.3 Å². The average Bonchev–Trinajstić information content (AvgIpc) is 3.35. The van der Waals surface area contributed by atoms with Crippen molar-refractivity contribution in [1.82, 2.24) is 16.0 Å². The van der Waals surface area contributed by atoms with Crippen LogP contribution in [0.15, 0.2) is 47.1 Å². The molecule has 3 amide bonds. The summed E-state index contributed by atoms with van der Waals surface area (Å²) in [6, 6.07) is 9.56. The fourth-order valence-corrected chi connectivity index (χ4v) is 3.01. The predicted octanol–water partition coefficient (Wildman–Crippen LogP) is 1.86. The highest BCUT2D eigenvalue weighted by molar-refractivity contribution is 5.83. The summed E-state index contributed by atoms with van der Waals surface area (Å²) in [5, 5.41) is 7.99. The van der Waals surface area contributed by atoms with Crippen molar-refractivity contribution in [1.29, 1.82) is 0 Å². The minimum Gasteiger partial charge on any atom is -0.467 e. The molecule has 27 heavy (non-hydrogen) atoms. The summed E-state index contributed by atoms with van der Waals surface area (Å²) >= 11 is 0. The minimum atomic E-state index is -0.372. The van der Waals surface area contributed by atoms with E-state index in [9.17, 15) is 14.0 Å². The highest BCUT2D eigenvalue weighted by Gasteiger charge is 2.23. The molecule has 1 unspecified atom stereocenters. The maximum Gasteiger partial charge on any atom is 0.315 e. The van der Waals surface area contributed by atoms with Crippen LogP contribution in [0.2, 0.25) is 0 Å². The predicted molar refractivity (Wildman–Crippen MR) is 98.7 cm³/mol. The largest absolute Gasteiger partial charge is 0.467 e. The summed E-state index contributed by atoms with van der Waals surface area (Å²) in [5.74, 6) is 0.430. The van der Waals surface area contributed by atoms with E-state index < -0.39 is 0 Å². The summed E-state index contributed by atoms with van der Waals surface area (Å²) < 4.78 is 18.1. The Labute approximate surface area is 156 Å². The number of carbonyl (C=O) groups excluding carboxylic acids is 2. The molecular weight excluding hydrogens is 351 g/mol. The molecule has 0 radical (unpaired) electrons. The molecule has 7 nitrogen and oxygen atoms in total. The third-order valence-electron chi connectivity index (χ3n) is 4.48. The number of furan rings is 1. The Kier molecular flexibility index (Phi) is 6.30. The normalized spacial score (nSPS) is 16.2. The third-order valence-corrected chi connectivity index (χ3v) is 4.48. The van der Waals surface area contributed by atoms with Crippen LogP contribution in [0.5, 0.6) is 0 Å². The molecule has 1 aromatic carbocycles. The molecule has 2 heterocycles. The number of rotatable bonds is 7. The molecular formula is C19H23FN4O3. The Morgan fingerprint density at radius 2 is 1.96 bits per heavy atom. The second kappa shape index (κ2) is 9.07. The highest BCUT2D eigenvalue weighted by atomic mass is 19.1. The highest BCUT2D eigenvalue weighted by Crippen LogP contribution is 2.23. The molecule has 0 saturated carbocycles. The number of hydrogen-bond donors (Lipinski definition) is 3. The Hall–Kier alpha value is -3.03. The number of halogens is 1. The summed E-state index contributed by atoms with van der Waals surface area (Å²) in [5.41, 5.74) is 0.983. The monoisotopic (exact) mass is 374 g/mol. The lowest BCUT2D eigenvalue weighted by atomic mass is 10.1. The maximum absolute atomic E-state index is 13.0. The van der Waals surface area contributed by atoms with E-state index in [4.69, 9.17) is 4.42 Å². The Morgan fingerprint density at radius 1 is 1.15 bits per heavy atom. The van der Waals surface area contributed by atoms with Crippen molar-refractivity contribution >= 4 is 17.6 Å². The number of anilines is 1. The standard InChI is InChI=1S/C19H23FN4O3/c20-15-3-5-16(6-4-15)24-8-7-14(13-24)10-22-19(26)23-12-18(25)21-11-17-2-1-9-27-17/h1-6,9,14H,7-8,10-13H2,(H,21,25)(H2,22,23,26). The van der Waals surface area contributed by atoms with Gasteiger partial charge in [0.25, 0.3) is 0 Å². The van der Waals surface area contributed by atoms with Crippen molar-refractivity contribution in [2.75, 3.05) is 31.1 Å². The van der Waals surface area contributed by atoms with Crippen molar-refractivity contribution in [2.45, 2.75) is 13.0 Å². The topological polar surface area (TPSA) is 86.6 Å². The van der Waals surface area contributed by atoms with Crippen LogP contribution in [0, 0.1) is 11.7 Å². The molecule has 1 fully saturated rings. The van der Waals surface area contributed by atoms with Gasteiger partial charge in [-0.05, 0) is 48.7 Å². The van der Waals surface area contributed by atoms with Crippen LogP contribution in [0.3, 0.4) is 0 Å². The van der Waals surface area contributed by atoms with Crippen molar-refractivity contribution in [3.63, 3.8) is 0 Å². The zero-order valence-electron chi connectivity index (χ0n) is 14.9. The first-order valence-corrected chi connectivity index (χ1v) is 8.91. The molecule has 1 aromatic heterocycles. The molecule has 144 valence electrons. The summed E-state index contributed by atoms with van der Waals surface area (Å²) in [6.45, 7) is 2.39. The SMILES string of the molecule is O=C(CNC(=O)NCC1CCN(c2ccc(F)cc2)C1)NCc1ccco1. The van der Waals surface area contributed by atoms with Crippen LogP contribution in [-0.2, 0) is 11.3 Å². The van der Waals surface area contributed by atoms with Crippen LogP contribution in [0.1, 0.15) is 12.2 Å². The lowest BCUT2D eigenvalue weighted by molar-refractivity contribution is -0.120. The Balaban J connectivity index is 1.31. The number of amides is 3. The van der Waals surface area contributed by atoms with Crippen LogP contribution in [-0.4, -0.2) is 38.1 Å². The van der Waals surface area contributed by atoms with Gasteiger partial charge in [-0.15, -0.1) is 0 Å². The van der Waals surface area contributed by atoms with E-state index in [1.165, 1.54) is 18.4 Å². The van der Waals surface area contributed by atoms with Gasteiger partial charge in [-0.3, -0.25) is 4.79 Å². The van der Waals surface area contributed by atoms with Crippen molar-refractivity contribution in [3.8, 4) is 0 Å². The summed E-state index contributed by atoms with van der Waals surface area (Å²) in [4.78, 5) is 25.7. The van der Waals surface area contributed by atoms with Crippen LogP contribution >= 0.6 is 0 Å². The molecule has 3 rings (SSSR count). The number of benzene rings is 1. The van der Waals surface area contributed by atoms with Crippen LogP contribution in [0.4, 0.5) is 14.9 Å². The maximum atomic E-state index is 13.0. The van der Waals surface area contributed by atoms with Gasteiger partial charge in [-0.1, -0.05) is 0 Å². The fraction of sp³-hybridized carbons (Fsp3) is 0.368. The van der Waals surface area contributed by atoms with Gasteiger partial charge in [0.15, 0.2) is 0 Å². The lowest BCUT2D eigenvalue weighted by Gasteiger charge is -2.19. The van der Waals surface area contributed by atoms with E-state index in [-0.39, 0.29) is 30.8 Å². The first kappa shape index (κ1) is 18.8. The van der Waals surface area contributed by atoms with E-state index in [0.717, 1.165) is 25.2 Å². The van der Waals surface area contributed by atoms with Gasteiger partial charge >= 0.3 is 6.03 Å². The molecule has 3 N–H and O–H groups in total. The molecule has 2 aromatic rings. The van der Waals surface area contributed by atoms with E-state index in [1.807, 2.05) is 0 Å². The molecule has 0 aliphatic carbocycles. The van der Waals surface area contributed by atoms with Gasteiger partial charge in [0.05, 0.1) is 19.4 Å². The van der Waals surface area contributed by atoms with Gasteiger partial charge in [-0.25, -0.2) is 9.18 Å². The molecule has 1 atom stereocenters. The van der Waals surface area contributed by atoms with Gasteiger partial charge in [0, 0.05) is 25.3 Å². The fourth-order valence-electron chi connectivity index (χ4n) is 3.01. The number of nitrogens with one attached hydrogen (secondary N) is 3. The van der Waals surface area contributed by atoms with E-state index >= 15 is 0 Å². The van der Waals surface area contributed by atoms with Crippen molar-refractivity contribution in [2.24, 2.45) is 5.92 Å². The minimum absolute atomic E-state index is 0.0983. The molecule has 1 aliphatic rings. The van der Waals surface area contributed by atoms with Gasteiger partial charge in [0.1, 0.15) is 11.6 Å². The van der Waals surface area contributed by atoms with Crippen LogP contribution < -0.4 is 20.9 Å². The molecule has 0 bridgehead atoms. The quantitative estimate of drug-likeness (QED) is 0.690. The number of urea groups is 1. The Bertz CT molecular complexity index is 749. The molecule has 1 aliphatic heterocycles.